The maximum atomic E-state index is 11.0. The number of imidazole rings is 1. The number of benzene rings is 1. The fourth-order valence-corrected chi connectivity index (χ4v) is 1.85. The first-order valence-electron chi connectivity index (χ1n) is 6.11. The molecular weight excluding hydrogens is 244 g/mol. The summed E-state index contributed by atoms with van der Waals surface area (Å²) < 4.78 is 0. The van der Waals surface area contributed by atoms with E-state index in [2.05, 4.69) is 9.97 Å². The van der Waals surface area contributed by atoms with Gasteiger partial charge in [-0.25, -0.2) is 4.98 Å². The minimum atomic E-state index is -0.391. The normalized spacial score (nSPS) is 12.3. The summed E-state index contributed by atoms with van der Waals surface area (Å²) in [5, 5.41) is 11.0. The van der Waals surface area contributed by atoms with Gasteiger partial charge in [0, 0.05) is 18.5 Å². The zero-order chi connectivity index (χ0) is 13.8. The third kappa shape index (κ3) is 3.17. The molecule has 0 bridgehead atoms. The summed E-state index contributed by atoms with van der Waals surface area (Å²) in [5.41, 5.74) is 6.97. The van der Waals surface area contributed by atoms with E-state index in [0.29, 0.717) is 11.3 Å². The fourth-order valence-electron chi connectivity index (χ4n) is 1.85. The summed E-state index contributed by atoms with van der Waals surface area (Å²) in [4.78, 5) is 17.9. The first-order valence-corrected chi connectivity index (χ1v) is 6.11. The van der Waals surface area contributed by atoms with Crippen molar-refractivity contribution in [2.24, 2.45) is 5.73 Å². The highest BCUT2D eigenvalue weighted by atomic mass is 16.6. The van der Waals surface area contributed by atoms with E-state index in [-0.39, 0.29) is 11.7 Å². The van der Waals surface area contributed by atoms with E-state index in [1.165, 1.54) is 6.07 Å². The Hall–Kier alpha value is -2.21. The van der Waals surface area contributed by atoms with Crippen molar-refractivity contribution in [3.05, 3.63) is 46.4 Å². The van der Waals surface area contributed by atoms with Crippen LogP contribution in [0.2, 0.25) is 0 Å². The molecular formula is C13H16N4O2. The number of nitrogens with zero attached hydrogens (tertiary/aromatic N) is 2. The van der Waals surface area contributed by atoms with Crippen LogP contribution < -0.4 is 5.73 Å². The lowest BCUT2D eigenvalue weighted by atomic mass is 10.1. The minimum absolute atomic E-state index is 0.0740. The van der Waals surface area contributed by atoms with Crippen LogP contribution >= 0.6 is 0 Å². The van der Waals surface area contributed by atoms with Crippen LogP contribution in [0.15, 0.2) is 30.5 Å². The summed E-state index contributed by atoms with van der Waals surface area (Å²) in [5.74, 6) is 0.797. The number of aromatic nitrogens is 2. The van der Waals surface area contributed by atoms with Crippen LogP contribution in [0.1, 0.15) is 19.2 Å². The van der Waals surface area contributed by atoms with Crippen molar-refractivity contribution >= 4 is 5.69 Å². The molecule has 1 unspecified atom stereocenters. The van der Waals surface area contributed by atoms with E-state index < -0.39 is 4.92 Å². The average molecular weight is 260 g/mol. The van der Waals surface area contributed by atoms with Crippen LogP contribution in [-0.4, -0.2) is 20.9 Å². The lowest BCUT2D eigenvalue weighted by molar-refractivity contribution is -0.384. The van der Waals surface area contributed by atoms with Gasteiger partial charge in [-0.3, -0.25) is 10.1 Å². The molecule has 0 spiro atoms. The van der Waals surface area contributed by atoms with Crippen molar-refractivity contribution in [3.8, 4) is 11.3 Å². The van der Waals surface area contributed by atoms with Gasteiger partial charge in [-0.1, -0.05) is 12.1 Å². The second-order valence-corrected chi connectivity index (χ2v) is 4.53. The number of nitrogens with two attached hydrogens (primary N) is 1. The highest BCUT2D eigenvalue weighted by Crippen LogP contribution is 2.27. The molecule has 0 amide bonds. The van der Waals surface area contributed by atoms with Gasteiger partial charge in [0.15, 0.2) is 0 Å². The average Bonchev–Trinajstić information content (AvgIpc) is 2.85. The minimum Gasteiger partial charge on any atom is -0.342 e. The summed E-state index contributed by atoms with van der Waals surface area (Å²) in [6, 6.07) is 6.72. The predicted octanol–water partition coefficient (Wildman–Crippen LogP) is 2.26. The number of aromatic amines is 1. The maximum absolute atomic E-state index is 11.0. The molecule has 6 nitrogen and oxygen atoms in total. The Morgan fingerprint density at radius 2 is 2.21 bits per heavy atom. The van der Waals surface area contributed by atoms with Gasteiger partial charge in [-0.15, -0.1) is 0 Å². The Bertz CT molecular complexity index is 578. The molecule has 1 aromatic heterocycles. The van der Waals surface area contributed by atoms with Crippen molar-refractivity contribution in [2.75, 3.05) is 0 Å². The monoisotopic (exact) mass is 260 g/mol. The second kappa shape index (κ2) is 5.62. The molecule has 0 saturated carbocycles. The zero-order valence-electron chi connectivity index (χ0n) is 10.7. The number of nitrogens with one attached hydrogen (secondary N) is 1. The lowest BCUT2D eigenvalue weighted by Gasteiger charge is -2.02. The van der Waals surface area contributed by atoms with Gasteiger partial charge in [0.1, 0.15) is 5.82 Å². The summed E-state index contributed by atoms with van der Waals surface area (Å²) in [6.07, 6.45) is 3.18. The number of hydrogen-bond acceptors (Lipinski definition) is 4. The first-order chi connectivity index (χ1) is 9.08. The lowest BCUT2D eigenvalue weighted by Crippen LogP contribution is -2.15. The number of para-hydroxylation sites is 1. The molecule has 1 heterocycles. The molecule has 3 N–H and O–H groups in total. The number of nitro groups is 1. The Morgan fingerprint density at radius 1 is 1.47 bits per heavy atom. The van der Waals surface area contributed by atoms with Crippen LogP contribution in [0, 0.1) is 10.1 Å². The van der Waals surface area contributed by atoms with Crippen molar-refractivity contribution in [1.82, 2.24) is 9.97 Å². The Morgan fingerprint density at radius 3 is 2.89 bits per heavy atom. The van der Waals surface area contributed by atoms with E-state index >= 15 is 0 Å². The molecule has 0 aliphatic carbocycles. The molecule has 0 aliphatic heterocycles. The van der Waals surface area contributed by atoms with E-state index in [4.69, 9.17) is 5.73 Å². The van der Waals surface area contributed by atoms with Crippen LogP contribution in [0.3, 0.4) is 0 Å². The standard InChI is InChI=1S/C13H16N4O2/c1-9(14)6-7-13-15-8-11(16-13)10-4-2-3-5-12(10)17(18)19/h2-5,8-9H,6-7,14H2,1H3,(H,15,16). The number of hydrogen-bond donors (Lipinski definition) is 2. The van der Waals surface area contributed by atoms with Gasteiger partial charge >= 0.3 is 0 Å². The van der Waals surface area contributed by atoms with Gasteiger partial charge in [-0.2, -0.15) is 0 Å². The largest absolute Gasteiger partial charge is 0.342 e. The Kier molecular flexibility index (Phi) is 3.91. The number of nitro benzene ring substituents is 1. The second-order valence-electron chi connectivity index (χ2n) is 4.53. The number of H-pyrrole nitrogens is 1. The maximum Gasteiger partial charge on any atom is 0.278 e. The number of aryl methyl sites for hydroxylation is 1. The van der Waals surface area contributed by atoms with Crippen molar-refractivity contribution in [1.29, 1.82) is 0 Å². The van der Waals surface area contributed by atoms with Gasteiger partial charge in [0.25, 0.3) is 5.69 Å². The van der Waals surface area contributed by atoms with Crippen LogP contribution in [0.5, 0.6) is 0 Å². The van der Waals surface area contributed by atoms with Gasteiger partial charge in [0.05, 0.1) is 22.4 Å². The third-order valence-corrected chi connectivity index (χ3v) is 2.86. The zero-order valence-corrected chi connectivity index (χ0v) is 10.7. The Balaban J connectivity index is 2.25. The summed E-state index contributed by atoms with van der Waals surface area (Å²) in [6.45, 7) is 1.94. The van der Waals surface area contributed by atoms with Crippen LogP contribution in [-0.2, 0) is 6.42 Å². The van der Waals surface area contributed by atoms with E-state index in [9.17, 15) is 10.1 Å². The smallest absolute Gasteiger partial charge is 0.278 e. The molecule has 0 saturated heterocycles. The molecule has 0 aliphatic rings. The van der Waals surface area contributed by atoms with Gasteiger partial charge in [0.2, 0.25) is 0 Å². The van der Waals surface area contributed by atoms with E-state index in [0.717, 1.165) is 18.7 Å². The molecule has 2 aromatic rings. The molecule has 0 fully saturated rings. The topological polar surface area (TPSA) is 97.8 Å². The molecule has 6 heteroatoms. The molecule has 100 valence electrons. The SMILES string of the molecule is CC(N)CCc1ncc(-c2ccccc2[N+](=O)[O-])[nH]1. The molecule has 1 aromatic carbocycles. The van der Waals surface area contributed by atoms with E-state index in [1.807, 2.05) is 6.92 Å². The summed E-state index contributed by atoms with van der Waals surface area (Å²) in [7, 11) is 0. The number of rotatable bonds is 5. The predicted molar refractivity (Wildman–Crippen MR) is 72.6 cm³/mol. The Labute approximate surface area is 110 Å². The molecule has 1 atom stereocenters. The van der Waals surface area contributed by atoms with E-state index in [1.54, 1.807) is 24.4 Å². The highest BCUT2D eigenvalue weighted by molar-refractivity contribution is 5.70. The van der Waals surface area contributed by atoms with Gasteiger partial charge in [-0.05, 0) is 19.4 Å². The molecule has 2 rings (SSSR count). The fraction of sp³-hybridized carbons (Fsp3) is 0.308. The molecule has 19 heavy (non-hydrogen) atoms. The van der Waals surface area contributed by atoms with Crippen molar-refractivity contribution < 1.29 is 4.92 Å². The van der Waals surface area contributed by atoms with Crippen molar-refractivity contribution in [3.63, 3.8) is 0 Å². The van der Waals surface area contributed by atoms with Crippen molar-refractivity contribution in [2.45, 2.75) is 25.8 Å². The van der Waals surface area contributed by atoms with Crippen LogP contribution in [0.4, 0.5) is 5.69 Å². The molecule has 0 radical (unpaired) electrons. The third-order valence-electron chi connectivity index (χ3n) is 2.86. The summed E-state index contributed by atoms with van der Waals surface area (Å²) >= 11 is 0. The highest BCUT2D eigenvalue weighted by Gasteiger charge is 2.15. The quantitative estimate of drug-likeness (QED) is 0.636. The van der Waals surface area contributed by atoms with Crippen LogP contribution in [0.25, 0.3) is 11.3 Å². The van der Waals surface area contributed by atoms with Gasteiger partial charge < -0.3 is 10.7 Å². The first kappa shape index (κ1) is 13.2.